The largest absolute Gasteiger partial charge is 0.466 e. The van der Waals surface area contributed by atoms with Gasteiger partial charge in [0.05, 0.1) is 19.2 Å². The van der Waals surface area contributed by atoms with Crippen LogP contribution < -0.4 is 0 Å². The summed E-state index contributed by atoms with van der Waals surface area (Å²) in [6, 6.07) is 0. The van der Waals surface area contributed by atoms with Crippen molar-refractivity contribution in [2.45, 2.75) is 71.4 Å². The van der Waals surface area contributed by atoms with Gasteiger partial charge in [0.15, 0.2) is 0 Å². The van der Waals surface area contributed by atoms with Gasteiger partial charge in [0.25, 0.3) is 0 Å². The molecular formula is C18H30N4O2. The molecule has 134 valence electrons. The number of aryl methyl sites for hydroxylation is 1. The SMILES string of the molecule is CCOC(=O)C1CCN(Cn2nc(C)nc2C2CCCCC2)CC1. The van der Waals surface area contributed by atoms with Gasteiger partial charge in [-0.25, -0.2) is 9.67 Å². The quantitative estimate of drug-likeness (QED) is 0.775. The Labute approximate surface area is 144 Å². The van der Waals surface area contributed by atoms with E-state index in [0.29, 0.717) is 12.5 Å². The average molecular weight is 334 g/mol. The zero-order valence-corrected chi connectivity index (χ0v) is 15.0. The predicted molar refractivity (Wildman–Crippen MR) is 91.5 cm³/mol. The highest BCUT2D eigenvalue weighted by Gasteiger charge is 2.27. The minimum Gasteiger partial charge on any atom is -0.466 e. The molecule has 0 radical (unpaired) electrons. The van der Waals surface area contributed by atoms with E-state index in [0.717, 1.165) is 38.4 Å². The molecule has 0 atom stereocenters. The summed E-state index contributed by atoms with van der Waals surface area (Å²) >= 11 is 0. The number of piperidine rings is 1. The average Bonchev–Trinajstić information content (AvgIpc) is 2.97. The van der Waals surface area contributed by atoms with Gasteiger partial charge >= 0.3 is 5.97 Å². The Morgan fingerprint density at radius 3 is 2.54 bits per heavy atom. The fourth-order valence-corrected chi connectivity index (χ4v) is 4.00. The van der Waals surface area contributed by atoms with Crippen LogP contribution in [0.3, 0.4) is 0 Å². The molecule has 1 aliphatic carbocycles. The Hall–Kier alpha value is -1.43. The Morgan fingerprint density at radius 2 is 1.88 bits per heavy atom. The van der Waals surface area contributed by atoms with Crippen LogP contribution in [-0.2, 0) is 16.2 Å². The Bertz CT molecular complexity index is 543. The number of hydrogen-bond acceptors (Lipinski definition) is 5. The summed E-state index contributed by atoms with van der Waals surface area (Å²) in [5.74, 6) is 2.64. The summed E-state index contributed by atoms with van der Waals surface area (Å²) in [5, 5.41) is 4.64. The van der Waals surface area contributed by atoms with Crippen LogP contribution in [0.15, 0.2) is 0 Å². The predicted octanol–water partition coefficient (Wildman–Crippen LogP) is 2.87. The van der Waals surface area contributed by atoms with E-state index in [1.807, 2.05) is 13.8 Å². The van der Waals surface area contributed by atoms with Gasteiger partial charge in [-0.2, -0.15) is 5.10 Å². The van der Waals surface area contributed by atoms with E-state index in [-0.39, 0.29) is 11.9 Å². The molecular weight excluding hydrogens is 304 g/mol. The molecule has 2 fully saturated rings. The zero-order chi connectivity index (χ0) is 16.9. The zero-order valence-electron chi connectivity index (χ0n) is 15.0. The highest BCUT2D eigenvalue weighted by atomic mass is 16.5. The van der Waals surface area contributed by atoms with E-state index in [2.05, 4.69) is 14.7 Å². The molecule has 1 saturated carbocycles. The van der Waals surface area contributed by atoms with Crippen molar-refractivity contribution in [1.82, 2.24) is 19.7 Å². The molecule has 0 N–H and O–H groups in total. The van der Waals surface area contributed by atoms with Crippen LogP contribution >= 0.6 is 0 Å². The Morgan fingerprint density at radius 1 is 1.17 bits per heavy atom. The molecule has 0 spiro atoms. The smallest absolute Gasteiger partial charge is 0.309 e. The minimum absolute atomic E-state index is 0.0309. The lowest BCUT2D eigenvalue weighted by molar-refractivity contribution is -0.149. The van der Waals surface area contributed by atoms with Crippen LogP contribution in [0.2, 0.25) is 0 Å². The number of nitrogens with zero attached hydrogens (tertiary/aromatic N) is 4. The first-order valence-corrected chi connectivity index (χ1v) is 9.47. The van der Waals surface area contributed by atoms with E-state index in [9.17, 15) is 4.79 Å². The van der Waals surface area contributed by atoms with Crippen LogP contribution in [0.25, 0.3) is 0 Å². The van der Waals surface area contributed by atoms with Crippen molar-refractivity contribution < 1.29 is 9.53 Å². The topological polar surface area (TPSA) is 60.2 Å². The standard InChI is InChI=1S/C18H30N4O2/c1-3-24-18(23)16-9-11-21(12-10-16)13-22-17(19-14(2)20-22)15-7-5-4-6-8-15/h15-16H,3-13H2,1-2H3. The molecule has 24 heavy (non-hydrogen) atoms. The molecule has 3 rings (SSSR count). The van der Waals surface area contributed by atoms with Crippen LogP contribution in [0, 0.1) is 12.8 Å². The third-order valence-corrected chi connectivity index (χ3v) is 5.32. The molecule has 0 bridgehead atoms. The molecule has 1 aromatic heterocycles. The summed E-state index contributed by atoms with van der Waals surface area (Å²) in [4.78, 5) is 19.0. The molecule has 2 aliphatic rings. The second-order valence-corrected chi connectivity index (χ2v) is 7.14. The van der Waals surface area contributed by atoms with Crippen molar-refractivity contribution in [3.05, 3.63) is 11.6 Å². The van der Waals surface area contributed by atoms with Crippen molar-refractivity contribution in [2.75, 3.05) is 19.7 Å². The van der Waals surface area contributed by atoms with Crippen molar-refractivity contribution >= 4 is 5.97 Å². The minimum atomic E-state index is -0.0309. The number of carbonyl (C=O) groups is 1. The maximum atomic E-state index is 11.9. The van der Waals surface area contributed by atoms with Gasteiger partial charge in [0.2, 0.25) is 0 Å². The highest BCUT2D eigenvalue weighted by Crippen LogP contribution is 2.32. The van der Waals surface area contributed by atoms with Crippen LogP contribution in [0.5, 0.6) is 0 Å². The van der Waals surface area contributed by atoms with E-state index in [1.165, 1.54) is 37.9 Å². The lowest BCUT2D eigenvalue weighted by Gasteiger charge is -2.31. The van der Waals surface area contributed by atoms with E-state index in [1.54, 1.807) is 0 Å². The molecule has 6 heteroatoms. The monoisotopic (exact) mass is 334 g/mol. The highest BCUT2D eigenvalue weighted by molar-refractivity contribution is 5.72. The van der Waals surface area contributed by atoms with Crippen LogP contribution in [-0.4, -0.2) is 45.3 Å². The summed E-state index contributed by atoms with van der Waals surface area (Å²) in [6.07, 6.45) is 8.21. The van der Waals surface area contributed by atoms with Gasteiger partial charge in [-0.1, -0.05) is 19.3 Å². The fraction of sp³-hybridized carbons (Fsp3) is 0.833. The fourth-order valence-electron chi connectivity index (χ4n) is 4.00. The summed E-state index contributed by atoms with van der Waals surface area (Å²) in [7, 11) is 0. The third kappa shape index (κ3) is 4.15. The molecule has 0 aromatic carbocycles. The number of hydrogen-bond donors (Lipinski definition) is 0. The van der Waals surface area contributed by atoms with Crippen LogP contribution in [0.1, 0.15) is 69.4 Å². The molecule has 1 saturated heterocycles. The van der Waals surface area contributed by atoms with Crippen molar-refractivity contribution in [3.8, 4) is 0 Å². The molecule has 1 aromatic rings. The maximum absolute atomic E-state index is 11.9. The first-order valence-electron chi connectivity index (χ1n) is 9.47. The second kappa shape index (κ2) is 8.10. The normalized spacial score (nSPS) is 21.1. The van der Waals surface area contributed by atoms with Gasteiger partial charge in [0, 0.05) is 19.0 Å². The number of aromatic nitrogens is 3. The molecule has 0 unspecified atom stereocenters. The number of rotatable bonds is 5. The van der Waals surface area contributed by atoms with Crippen LogP contribution in [0.4, 0.5) is 0 Å². The van der Waals surface area contributed by atoms with Gasteiger partial charge in [-0.15, -0.1) is 0 Å². The lowest BCUT2D eigenvalue weighted by Crippen LogP contribution is -2.38. The van der Waals surface area contributed by atoms with Crippen molar-refractivity contribution in [2.24, 2.45) is 5.92 Å². The number of carbonyl (C=O) groups excluding carboxylic acids is 1. The van der Waals surface area contributed by atoms with Gasteiger partial charge in [0.1, 0.15) is 11.6 Å². The van der Waals surface area contributed by atoms with Gasteiger partial charge < -0.3 is 4.74 Å². The van der Waals surface area contributed by atoms with Gasteiger partial charge in [-0.3, -0.25) is 9.69 Å². The first-order chi connectivity index (χ1) is 11.7. The van der Waals surface area contributed by atoms with Crippen molar-refractivity contribution in [3.63, 3.8) is 0 Å². The first kappa shape index (κ1) is 17.4. The summed E-state index contributed by atoms with van der Waals surface area (Å²) < 4.78 is 7.26. The number of esters is 1. The third-order valence-electron chi connectivity index (χ3n) is 5.32. The van der Waals surface area contributed by atoms with Crippen molar-refractivity contribution in [1.29, 1.82) is 0 Å². The summed E-state index contributed by atoms with van der Waals surface area (Å²) in [5.41, 5.74) is 0. The second-order valence-electron chi connectivity index (χ2n) is 7.14. The molecule has 6 nitrogen and oxygen atoms in total. The van der Waals surface area contributed by atoms with E-state index < -0.39 is 0 Å². The molecule has 2 heterocycles. The van der Waals surface area contributed by atoms with E-state index >= 15 is 0 Å². The maximum Gasteiger partial charge on any atom is 0.309 e. The number of likely N-dealkylation sites (tertiary alicyclic amines) is 1. The molecule has 1 aliphatic heterocycles. The molecule has 0 amide bonds. The Kier molecular flexibility index (Phi) is 5.87. The summed E-state index contributed by atoms with van der Waals surface area (Å²) in [6.45, 7) is 6.96. The Balaban J connectivity index is 1.58. The van der Waals surface area contributed by atoms with E-state index in [4.69, 9.17) is 9.72 Å². The van der Waals surface area contributed by atoms with Gasteiger partial charge in [-0.05, 0) is 39.5 Å². The lowest BCUT2D eigenvalue weighted by atomic mass is 9.89. The number of ether oxygens (including phenoxy) is 1.